The van der Waals surface area contributed by atoms with Crippen LogP contribution in [-0.2, 0) is 7.05 Å². The highest BCUT2D eigenvalue weighted by atomic mass is 127. The molecule has 0 radical (unpaired) electrons. The summed E-state index contributed by atoms with van der Waals surface area (Å²) in [4.78, 5) is 4.11. The predicted octanol–water partition coefficient (Wildman–Crippen LogP) is 2.87. The largest absolute Gasteiger partial charge is 0.424 e. The molecule has 2 rings (SSSR count). The van der Waals surface area contributed by atoms with Crippen molar-refractivity contribution >= 4 is 34.2 Å². The lowest BCUT2D eigenvalue weighted by Crippen LogP contribution is -1.95. The Kier molecular flexibility index (Phi) is 3.11. The minimum Gasteiger partial charge on any atom is -0.424 e. The topological polar surface area (TPSA) is 39.9 Å². The van der Waals surface area contributed by atoms with Crippen molar-refractivity contribution in [2.24, 2.45) is 7.05 Å². The molecule has 1 heterocycles. The van der Waals surface area contributed by atoms with E-state index in [0.717, 1.165) is 0 Å². The Morgan fingerprint density at radius 1 is 1.33 bits per heavy atom. The summed E-state index contributed by atoms with van der Waals surface area (Å²) >= 11 is 7.79. The summed E-state index contributed by atoms with van der Waals surface area (Å²) in [5, 5.41) is 4.74. The molecule has 6 heteroatoms. The molecule has 0 amide bonds. The van der Waals surface area contributed by atoms with Crippen LogP contribution in [0.5, 0.6) is 11.8 Å². The third kappa shape index (κ3) is 2.60. The van der Waals surface area contributed by atoms with E-state index in [1.165, 1.54) is 0 Å². The van der Waals surface area contributed by atoms with Gasteiger partial charge in [0.15, 0.2) is 0 Å². The van der Waals surface area contributed by atoms with E-state index in [1.807, 2.05) is 22.6 Å². The number of hydrogen-bond donors (Lipinski definition) is 0. The van der Waals surface area contributed by atoms with Gasteiger partial charge >= 0.3 is 6.01 Å². The summed E-state index contributed by atoms with van der Waals surface area (Å²) in [5.41, 5.74) is 0. The first kappa shape index (κ1) is 10.7. The maximum Gasteiger partial charge on any atom is 0.321 e. The number of halogens is 2. The maximum absolute atomic E-state index is 5.76. The minimum atomic E-state index is 0.460. The van der Waals surface area contributed by atoms with Crippen LogP contribution in [0.15, 0.2) is 24.3 Å². The summed E-state index contributed by atoms with van der Waals surface area (Å²) < 4.78 is 7.74. The molecule has 15 heavy (non-hydrogen) atoms. The van der Waals surface area contributed by atoms with E-state index in [4.69, 9.17) is 16.3 Å². The van der Waals surface area contributed by atoms with Gasteiger partial charge in [0, 0.05) is 34.7 Å². The van der Waals surface area contributed by atoms with Crippen molar-refractivity contribution in [1.29, 1.82) is 0 Å². The van der Waals surface area contributed by atoms with Gasteiger partial charge in [0.05, 0.1) is 0 Å². The molecule has 0 spiro atoms. The average molecular weight is 336 g/mol. The van der Waals surface area contributed by atoms with Gasteiger partial charge in [0.2, 0.25) is 3.83 Å². The monoisotopic (exact) mass is 335 g/mol. The van der Waals surface area contributed by atoms with E-state index in [9.17, 15) is 0 Å². The van der Waals surface area contributed by atoms with Crippen molar-refractivity contribution in [3.8, 4) is 11.8 Å². The smallest absolute Gasteiger partial charge is 0.321 e. The molecule has 0 bridgehead atoms. The van der Waals surface area contributed by atoms with Crippen LogP contribution >= 0.6 is 34.2 Å². The molecular formula is C9H7ClIN3O. The van der Waals surface area contributed by atoms with Gasteiger partial charge < -0.3 is 4.74 Å². The quantitative estimate of drug-likeness (QED) is 0.792. The molecule has 78 valence electrons. The van der Waals surface area contributed by atoms with E-state index in [-0.39, 0.29) is 0 Å². The SMILES string of the molecule is Cn1nc(I)nc1Oc1ccc(Cl)cc1. The first-order valence-electron chi connectivity index (χ1n) is 4.15. The molecule has 1 aromatic heterocycles. The van der Waals surface area contributed by atoms with E-state index < -0.39 is 0 Å². The Hall–Kier alpha value is -0.820. The van der Waals surface area contributed by atoms with Crippen LogP contribution < -0.4 is 4.74 Å². The van der Waals surface area contributed by atoms with Crippen molar-refractivity contribution in [2.75, 3.05) is 0 Å². The lowest BCUT2D eigenvalue weighted by atomic mass is 10.3. The summed E-state index contributed by atoms with van der Waals surface area (Å²) in [7, 11) is 1.78. The maximum atomic E-state index is 5.76. The molecule has 0 unspecified atom stereocenters. The second-order valence-electron chi connectivity index (χ2n) is 2.84. The van der Waals surface area contributed by atoms with Gasteiger partial charge in [-0.25, -0.2) is 4.68 Å². The molecule has 0 aliphatic heterocycles. The highest BCUT2D eigenvalue weighted by molar-refractivity contribution is 14.1. The van der Waals surface area contributed by atoms with Gasteiger partial charge in [-0.05, 0) is 24.3 Å². The number of hydrogen-bond acceptors (Lipinski definition) is 3. The fourth-order valence-electron chi connectivity index (χ4n) is 1.04. The molecule has 1 aromatic carbocycles. The van der Waals surface area contributed by atoms with Crippen LogP contribution in [-0.4, -0.2) is 14.8 Å². The van der Waals surface area contributed by atoms with E-state index >= 15 is 0 Å². The molecule has 0 fully saturated rings. The standard InChI is InChI=1S/C9H7ClIN3O/c1-14-9(12-8(11)13-14)15-7-4-2-6(10)3-5-7/h2-5H,1H3. The number of aromatic nitrogens is 3. The number of ether oxygens (including phenoxy) is 1. The van der Waals surface area contributed by atoms with Gasteiger partial charge in [0.1, 0.15) is 5.75 Å². The van der Waals surface area contributed by atoms with Crippen LogP contribution in [0.4, 0.5) is 0 Å². The van der Waals surface area contributed by atoms with Crippen molar-refractivity contribution in [2.45, 2.75) is 0 Å². The van der Waals surface area contributed by atoms with Crippen molar-refractivity contribution in [1.82, 2.24) is 14.8 Å². The average Bonchev–Trinajstić information content (AvgIpc) is 2.49. The first-order valence-corrected chi connectivity index (χ1v) is 5.61. The van der Waals surface area contributed by atoms with E-state index in [1.54, 1.807) is 36.0 Å². The molecule has 0 atom stereocenters. The van der Waals surface area contributed by atoms with Crippen LogP contribution in [0.3, 0.4) is 0 Å². The van der Waals surface area contributed by atoms with Crippen molar-refractivity contribution in [3.05, 3.63) is 33.1 Å². The third-order valence-electron chi connectivity index (χ3n) is 1.72. The van der Waals surface area contributed by atoms with Crippen molar-refractivity contribution < 1.29 is 4.74 Å². The Bertz CT molecular complexity index is 469. The molecule has 2 aromatic rings. The summed E-state index contributed by atoms with van der Waals surface area (Å²) in [6, 6.07) is 7.55. The molecule has 0 aliphatic carbocycles. The van der Waals surface area contributed by atoms with Gasteiger partial charge in [0.25, 0.3) is 0 Å². The molecule has 4 nitrogen and oxygen atoms in total. The summed E-state index contributed by atoms with van der Waals surface area (Å²) in [6.45, 7) is 0. The predicted molar refractivity (Wildman–Crippen MR) is 65.2 cm³/mol. The molecule has 0 saturated heterocycles. The Balaban J connectivity index is 2.21. The Morgan fingerprint density at radius 3 is 2.53 bits per heavy atom. The number of nitrogens with zero attached hydrogens (tertiary/aromatic N) is 3. The minimum absolute atomic E-state index is 0.460. The zero-order valence-electron chi connectivity index (χ0n) is 7.82. The van der Waals surface area contributed by atoms with Gasteiger partial charge in [-0.3, -0.25) is 0 Å². The van der Waals surface area contributed by atoms with Gasteiger partial charge in [-0.15, -0.1) is 5.10 Å². The fraction of sp³-hybridized carbons (Fsp3) is 0.111. The lowest BCUT2D eigenvalue weighted by molar-refractivity contribution is 0.415. The zero-order valence-corrected chi connectivity index (χ0v) is 10.7. The summed E-state index contributed by atoms with van der Waals surface area (Å²) in [5.74, 6) is 0.686. The molecule has 0 N–H and O–H groups in total. The normalized spacial score (nSPS) is 10.3. The van der Waals surface area contributed by atoms with Crippen LogP contribution in [0.1, 0.15) is 0 Å². The number of benzene rings is 1. The van der Waals surface area contributed by atoms with E-state index in [2.05, 4.69) is 10.1 Å². The van der Waals surface area contributed by atoms with Crippen LogP contribution in [0, 0.1) is 3.83 Å². The number of rotatable bonds is 2. The second-order valence-corrected chi connectivity index (χ2v) is 4.24. The van der Waals surface area contributed by atoms with E-state index in [0.29, 0.717) is 20.6 Å². The van der Waals surface area contributed by atoms with Crippen LogP contribution in [0.25, 0.3) is 0 Å². The van der Waals surface area contributed by atoms with Gasteiger partial charge in [-0.2, -0.15) is 4.98 Å². The molecule has 0 aliphatic rings. The van der Waals surface area contributed by atoms with Crippen LogP contribution in [0.2, 0.25) is 5.02 Å². The summed E-state index contributed by atoms with van der Waals surface area (Å²) in [6.07, 6.45) is 0. The molecular weight excluding hydrogens is 328 g/mol. The first-order chi connectivity index (χ1) is 7.15. The third-order valence-corrected chi connectivity index (χ3v) is 2.43. The highest BCUT2D eigenvalue weighted by Crippen LogP contribution is 2.21. The second kappa shape index (κ2) is 4.36. The fourth-order valence-corrected chi connectivity index (χ4v) is 1.69. The molecule has 0 saturated carbocycles. The Labute approximate surface area is 105 Å². The zero-order chi connectivity index (χ0) is 10.8. The highest BCUT2D eigenvalue weighted by Gasteiger charge is 2.06. The van der Waals surface area contributed by atoms with Crippen molar-refractivity contribution in [3.63, 3.8) is 0 Å². The lowest BCUT2D eigenvalue weighted by Gasteiger charge is -2.02. The van der Waals surface area contributed by atoms with Gasteiger partial charge in [-0.1, -0.05) is 11.6 Å². The number of aryl methyl sites for hydroxylation is 1. The Morgan fingerprint density at radius 2 is 2.00 bits per heavy atom.